The van der Waals surface area contributed by atoms with Gasteiger partial charge in [0.25, 0.3) is 10.0 Å². The summed E-state index contributed by atoms with van der Waals surface area (Å²) in [6, 6.07) is 16.9. The van der Waals surface area contributed by atoms with Gasteiger partial charge in [0.15, 0.2) is 0 Å². The zero-order valence-electron chi connectivity index (χ0n) is 19.0. The second-order valence-electron chi connectivity index (χ2n) is 9.01. The normalized spacial score (nSPS) is 17.7. The van der Waals surface area contributed by atoms with Crippen molar-refractivity contribution in [1.82, 2.24) is 9.88 Å². The van der Waals surface area contributed by atoms with E-state index < -0.39 is 15.8 Å². The lowest BCUT2D eigenvalue weighted by Gasteiger charge is -2.38. The van der Waals surface area contributed by atoms with Crippen molar-refractivity contribution in [3.8, 4) is 11.1 Å². The molecule has 8 heteroatoms. The molecule has 5 rings (SSSR count). The number of nitrogens with zero attached hydrogens (tertiary/aromatic N) is 3. The topological polar surface area (TPSA) is 65.5 Å². The number of nitrogens with one attached hydrogen (secondary N) is 1. The van der Waals surface area contributed by atoms with Gasteiger partial charge in [-0.3, -0.25) is 9.62 Å². The molecule has 178 valence electrons. The van der Waals surface area contributed by atoms with Gasteiger partial charge in [0.1, 0.15) is 11.6 Å². The van der Waals surface area contributed by atoms with Crippen molar-refractivity contribution in [3.63, 3.8) is 0 Å². The van der Waals surface area contributed by atoms with Gasteiger partial charge in [-0.05, 0) is 60.9 Å². The minimum Gasteiger partial charge on any atom is -0.354 e. The molecule has 3 aromatic rings. The third-order valence-electron chi connectivity index (χ3n) is 6.80. The third kappa shape index (κ3) is 5.08. The number of aromatic nitrogens is 1. The van der Waals surface area contributed by atoms with E-state index in [0.717, 1.165) is 55.2 Å². The van der Waals surface area contributed by atoms with E-state index in [9.17, 15) is 12.8 Å². The monoisotopic (exact) mass is 480 g/mol. The van der Waals surface area contributed by atoms with E-state index in [1.54, 1.807) is 12.1 Å². The number of sulfonamides is 1. The van der Waals surface area contributed by atoms with Crippen LogP contribution in [0.4, 0.5) is 15.9 Å². The maximum Gasteiger partial charge on any atom is 0.261 e. The highest BCUT2D eigenvalue weighted by Gasteiger charge is 2.26. The first kappa shape index (κ1) is 22.8. The van der Waals surface area contributed by atoms with Crippen molar-refractivity contribution in [2.24, 2.45) is 0 Å². The standard InChI is InChI=1S/C26H29FN4O2S/c27-22-4-3-7-25(18-22)34(32,33)29-23-11-8-20(9-12-23)21-10-13-26(28-19-21)31-16-14-30(15-17-31)24-5-1-2-6-24/h3-4,7-13,18-19,24,29H,1-2,5-6,14-17H2. The first-order valence-electron chi connectivity index (χ1n) is 11.8. The Labute approximate surface area is 200 Å². The zero-order valence-corrected chi connectivity index (χ0v) is 19.8. The van der Waals surface area contributed by atoms with Gasteiger partial charge in [0.2, 0.25) is 0 Å². The van der Waals surface area contributed by atoms with E-state index in [2.05, 4.69) is 26.7 Å². The number of hydrogen-bond acceptors (Lipinski definition) is 5. The van der Waals surface area contributed by atoms with Gasteiger partial charge in [-0.25, -0.2) is 17.8 Å². The maximum atomic E-state index is 13.4. The summed E-state index contributed by atoms with van der Waals surface area (Å²) in [7, 11) is -3.85. The third-order valence-corrected chi connectivity index (χ3v) is 8.18. The second-order valence-corrected chi connectivity index (χ2v) is 10.7. The minimum atomic E-state index is -3.85. The molecule has 0 atom stereocenters. The van der Waals surface area contributed by atoms with Crippen LogP contribution in [0.15, 0.2) is 71.8 Å². The number of halogens is 1. The quantitative estimate of drug-likeness (QED) is 0.551. The van der Waals surface area contributed by atoms with Crippen molar-refractivity contribution >= 4 is 21.5 Å². The summed E-state index contributed by atoms with van der Waals surface area (Å²) in [5, 5.41) is 0. The van der Waals surface area contributed by atoms with Crippen molar-refractivity contribution in [3.05, 3.63) is 72.7 Å². The average molecular weight is 481 g/mol. The van der Waals surface area contributed by atoms with Crippen molar-refractivity contribution in [2.75, 3.05) is 35.8 Å². The number of hydrogen-bond donors (Lipinski definition) is 1. The summed E-state index contributed by atoms with van der Waals surface area (Å²) in [5.74, 6) is 0.402. The Balaban J connectivity index is 1.21. The summed E-state index contributed by atoms with van der Waals surface area (Å²) in [5.41, 5.74) is 2.32. The molecule has 0 radical (unpaired) electrons. The number of benzene rings is 2. The fourth-order valence-electron chi connectivity index (χ4n) is 4.91. The smallest absolute Gasteiger partial charge is 0.261 e. The van der Waals surface area contributed by atoms with E-state index in [1.807, 2.05) is 18.3 Å². The average Bonchev–Trinajstić information content (AvgIpc) is 3.40. The molecular formula is C26H29FN4O2S. The molecule has 2 aliphatic rings. The number of piperazine rings is 1. The largest absolute Gasteiger partial charge is 0.354 e. The fourth-order valence-corrected chi connectivity index (χ4v) is 6.00. The zero-order chi connectivity index (χ0) is 23.5. The van der Waals surface area contributed by atoms with Crippen molar-refractivity contribution in [2.45, 2.75) is 36.6 Å². The summed E-state index contributed by atoms with van der Waals surface area (Å²) in [6.45, 7) is 4.20. The predicted octanol–water partition coefficient (Wildman–Crippen LogP) is 4.75. The van der Waals surface area contributed by atoms with Crippen LogP contribution in [0.1, 0.15) is 25.7 Å². The summed E-state index contributed by atoms with van der Waals surface area (Å²) in [4.78, 5) is 9.57. The van der Waals surface area contributed by atoms with Crippen LogP contribution in [0.25, 0.3) is 11.1 Å². The molecule has 0 amide bonds. The minimum absolute atomic E-state index is 0.111. The van der Waals surface area contributed by atoms with Crippen LogP contribution >= 0.6 is 0 Å². The Bertz CT molecular complexity index is 1220. The van der Waals surface area contributed by atoms with E-state index in [1.165, 1.54) is 43.9 Å². The molecule has 0 spiro atoms. The van der Waals surface area contributed by atoms with Gasteiger partial charge in [-0.2, -0.15) is 0 Å². The molecule has 2 aromatic carbocycles. The Morgan fingerprint density at radius 1 is 0.882 bits per heavy atom. The molecule has 34 heavy (non-hydrogen) atoms. The lowest BCUT2D eigenvalue weighted by atomic mass is 10.1. The Hall–Kier alpha value is -2.97. The van der Waals surface area contributed by atoms with E-state index in [-0.39, 0.29) is 4.90 Å². The van der Waals surface area contributed by atoms with E-state index in [0.29, 0.717) is 5.69 Å². The molecule has 1 saturated carbocycles. The van der Waals surface area contributed by atoms with Crippen LogP contribution in [-0.2, 0) is 10.0 Å². The highest BCUT2D eigenvalue weighted by molar-refractivity contribution is 7.92. The van der Waals surface area contributed by atoms with E-state index in [4.69, 9.17) is 4.98 Å². The van der Waals surface area contributed by atoms with Crippen LogP contribution in [-0.4, -0.2) is 50.5 Å². The van der Waals surface area contributed by atoms with Crippen LogP contribution in [0, 0.1) is 5.82 Å². The Morgan fingerprint density at radius 2 is 1.59 bits per heavy atom. The first-order chi connectivity index (χ1) is 16.5. The molecule has 0 bridgehead atoms. The predicted molar refractivity (Wildman–Crippen MR) is 133 cm³/mol. The number of anilines is 2. The summed E-state index contributed by atoms with van der Waals surface area (Å²) < 4.78 is 40.9. The highest BCUT2D eigenvalue weighted by Crippen LogP contribution is 2.27. The Morgan fingerprint density at radius 3 is 2.24 bits per heavy atom. The van der Waals surface area contributed by atoms with E-state index >= 15 is 0 Å². The second kappa shape index (κ2) is 9.72. The molecular weight excluding hydrogens is 451 g/mol. The molecule has 1 saturated heterocycles. The lowest BCUT2D eigenvalue weighted by Crippen LogP contribution is -2.49. The maximum absolute atomic E-state index is 13.4. The molecule has 1 aromatic heterocycles. The number of pyridine rings is 1. The van der Waals surface area contributed by atoms with Gasteiger partial charge in [-0.15, -0.1) is 0 Å². The molecule has 6 nitrogen and oxygen atoms in total. The van der Waals surface area contributed by atoms with Crippen LogP contribution in [0.3, 0.4) is 0 Å². The summed E-state index contributed by atoms with van der Waals surface area (Å²) >= 11 is 0. The van der Waals surface area contributed by atoms with Gasteiger partial charge in [0.05, 0.1) is 4.90 Å². The molecule has 1 aliphatic carbocycles. The number of rotatable bonds is 6. The molecule has 2 heterocycles. The fraction of sp³-hybridized carbons (Fsp3) is 0.346. The Kier molecular flexibility index (Phi) is 6.52. The highest BCUT2D eigenvalue weighted by atomic mass is 32.2. The van der Waals surface area contributed by atoms with Crippen molar-refractivity contribution < 1.29 is 12.8 Å². The van der Waals surface area contributed by atoms with Crippen LogP contribution < -0.4 is 9.62 Å². The molecule has 1 aliphatic heterocycles. The molecule has 0 unspecified atom stereocenters. The van der Waals surface area contributed by atoms with Crippen LogP contribution in [0.2, 0.25) is 0 Å². The van der Waals surface area contributed by atoms with Gasteiger partial charge >= 0.3 is 0 Å². The summed E-state index contributed by atoms with van der Waals surface area (Å²) in [6.07, 6.45) is 7.29. The van der Waals surface area contributed by atoms with Crippen molar-refractivity contribution in [1.29, 1.82) is 0 Å². The first-order valence-corrected chi connectivity index (χ1v) is 13.3. The lowest BCUT2D eigenvalue weighted by molar-refractivity contribution is 0.187. The van der Waals surface area contributed by atoms with Crippen LogP contribution in [0.5, 0.6) is 0 Å². The van der Waals surface area contributed by atoms with Gasteiger partial charge in [-0.1, -0.05) is 31.0 Å². The molecule has 1 N–H and O–H groups in total. The van der Waals surface area contributed by atoms with Gasteiger partial charge in [0, 0.05) is 49.7 Å². The van der Waals surface area contributed by atoms with Gasteiger partial charge < -0.3 is 4.90 Å². The molecule has 2 fully saturated rings. The SMILES string of the molecule is O=S(=O)(Nc1ccc(-c2ccc(N3CCN(C4CCCC4)CC3)nc2)cc1)c1cccc(F)c1.